The van der Waals surface area contributed by atoms with E-state index in [0.717, 1.165) is 0 Å². The molecule has 6 heavy (non-hydrogen) atoms. The number of hydrogen-bond donors (Lipinski definition) is 0. The largest absolute Gasteiger partial charge is 0.0533 e. The van der Waals surface area contributed by atoms with Crippen LogP contribution in [-0.4, -0.2) is 0 Å². The first-order valence-electron chi connectivity index (χ1n) is 5.46. The third-order valence-electron chi connectivity index (χ3n) is 0.667. The van der Waals surface area contributed by atoms with E-state index < -0.39 is 38.4 Å². The highest BCUT2D eigenvalue weighted by molar-refractivity contribution is 4.51. The topological polar surface area (TPSA) is 0 Å². The van der Waals surface area contributed by atoms with E-state index in [-0.39, 0.29) is 0 Å². The fourth-order valence-electron chi connectivity index (χ4n) is 0.385. The van der Waals surface area contributed by atoms with Gasteiger partial charge in [-0.15, -0.1) is 0 Å². The maximum absolute atomic E-state index is 7.34. The molecule has 0 heteroatoms. The van der Waals surface area contributed by atoms with Gasteiger partial charge in [0.25, 0.3) is 0 Å². The van der Waals surface area contributed by atoms with E-state index in [9.17, 15) is 0 Å². The van der Waals surface area contributed by atoms with Crippen LogP contribution < -0.4 is 0 Å². The van der Waals surface area contributed by atoms with Crippen molar-refractivity contribution >= 4 is 0 Å². The summed E-state index contributed by atoms with van der Waals surface area (Å²) in [4.78, 5) is 0. The molecular weight excluding hydrogens is 72.1 g/mol. The van der Waals surface area contributed by atoms with Crippen molar-refractivity contribution in [3.05, 3.63) is 0 Å². The first-order valence-corrected chi connectivity index (χ1v) is 2.00. The Kier molecular flexibility index (Phi) is 0.386. The minimum atomic E-state index is -1.00. The van der Waals surface area contributed by atoms with Crippen molar-refractivity contribution in [2.75, 3.05) is 0 Å². The summed E-state index contributed by atoms with van der Waals surface area (Å²) in [5.74, 6) is 0. The normalized spacial score (nSPS) is 112. The molecule has 0 unspecified atom stereocenters. The molecule has 0 spiro atoms. The Morgan fingerprint density at radius 2 is 0.833 bits per heavy atom. The number of hydrogen-bond acceptors (Lipinski definition) is 0. The molecule has 1 saturated carbocycles. The SMILES string of the molecule is [3H]C1C([3H])C([3H])C([3H])C([3H])C1[3H]. The van der Waals surface area contributed by atoms with Gasteiger partial charge in [0.15, 0.2) is 0 Å². The number of rotatable bonds is 0. The predicted molar refractivity (Wildman–Crippen MR) is 27.7 cm³/mol. The molecule has 0 N–H and O–H groups in total. The van der Waals surface area contributed by atoms with E-state index in [2.05, 4.69) is 0 Å². The van der Waals surface area contributed by atoms with Gasteiger partial charge in [0.05, 0.1) is 0 Å². The van der Waals surface area contributed by atoms with Crippen molar-refractivity contribution in [3.8, 4) is 0 Å². The Hall–Kier alpha value is 0. The van der Waals surface area contributed by atoms with Gasteiger partial charge >= 0.3 is 0 Å². The molecule has 0 heterocycles. The van der Waals surface area contributed by atoms with Gasteiger partial charge in [0, 0.05) is 8.22 Å². The molecule has 0 atom stereocenters. The molecule has 0 aromatic heterocycles. The van der Waals surface area contributed by atoms with Crippen LogP contribution in [0, 0.1) is 0 Å². The quantitative estimate of drug-likeness (QED) is 0.434. The van der Waals surface area contributed by atoms with Crippen LogP contribution in [0.4, 0.5) is 0 Å². The zero-order valence-electron chi connectivity index (χ0n) is 9.46. The molecule has 0 aromatic rings. The summed E-state index contributed by atoms with van der Waals surface area (Å²) < 4.78 is 44.0. The van der Waals surface area contributed by atoms with Gasteiger partial charge in [-0.05, 0) is 0 Å². The Morgan fingerprint density at radius 3 is 1.00 bits per heavy atom. The summed E-state index contributed by atoms with van der Waals surface area (Å²) in [5, 5.41) is 0. The molecule has 0 aliphatic heterocycles. The summed E-state index contributed by atoms with van der Waals surface area (Å²) in [6.45, 7) is 0. The van der Waals surface area contributed by atoms with Gasteiger partial charge < -0.3 is 0 Å². The molecule has 1 aliphatic rings. The Labute approximate surface area is 48.0 Å². The van der Waals surface area contributed by atoms with Gasteiger partial charge in [-0.1, -0.05) is 38.4 Å². The first-order chi connectivity index (χ1) is 5.46. The van der Waals surface area contributed by atoms with Gasteiger partial charge in [-0.3, -0.25) is 0 Å². The Morgan fingerprint density at radius 1 is 0.667 bits per heavy atom. The van der Waals surface area contributed by atoms with E-state index in [4.69, 9.17) is 8.22 Å². The van der Waals surface area contributed by atoms with Crippen molar-refractivity contribution in [3.63, 3.8) is 0 Å². The van der Waals surface area contributed by atoms with Gasteiger partial charge in [0.1, 0.15) is 0 Å². The maximum atomic E-state index is 7.34. The van der Waals surface area contributed by atoms with Crippen LogP contribution in [0.25, 0.3) is 0 Å². The molecule has 0 aromatic carbocycles. The molecule has 0 saturated heterocycles. The standard InChI is InChI=1S/C6H12/c1-2-4-6-5-3-1/h1-6H2/i1T,2T,3T,4T,5T,6T. The predicted octanol–water partition coefficient (Wildman–Crippen LogP) is 2.34. The highest BCUT2D eigenvalue weighted by Crippen LogP contribution is 2.15. The average Bonchev–Trinajstić information content (AvgIpc) is 2.08. The highest BCUT2D eigenvalue weighted by atomic mass is 14.0. The van der Waals surface area contributed by atoms with Crippen LogP contribution in [0.5, 0.6) is 0 Å². The fraction of sp³-hybridized carbons (Fsp3) is 1.00. The minimum Gasteiger partial charge on any atom is -0.0533 e. The molecule has 1 aliphatic carbocycles. The maximum Gasteiger partial charge on any atom is 0.0267 e. The van der Waals surface area contributed by atoms with Crippen LogP contribution in [0.2, 0.25) is 0 Å². The summed E-state index contributed by atoms with van der Waals surface area (Å²) in [5.41, 5.74) is 0. The lowest BCUT2D eigenvalue weighted by atomic mass is 10.0. The lowest BCUT2D eigenvalue weighted by molar-refractivity contribution is 0.504. The molecule has 0 nitrogen and oxygen atoms in total. The molecule has 1 rings (SSSR count). The van der Waals surface area contributed by atoms with E-state index in [0.29, 0.717) is 0 Å². The van der Waals surface area contributed by atoms with Crippen molar-refractivity contribution in [2.24, 2.45) is 0 Å². The van der Waals surface area contributed by atoms with Gasteiger partial charge in [-0.25, -0.2) is 0 Å². The minimum absolute atomic E-state index is 1.00. The summed E-state index contributed by atoms with van der Waals surface area (Å²) in [6, 6.07) is 0. The van der Waals surface area contributed by atoms with Gasteiger partial charge in [0.2, 0.25) is 0 Å². The van der Waals surface area contributed by atoms with E-state index in [1.54, 1.807) is 0 Å². The molecule has 0 bridgehead atoms. The summed E-state index contributed by atoms with van der Waals surface area (Å²) in [7, 11) is 0. The monoisotopic (exact) mass is 96.1 g/mol. The van der Waals surface area contributed by atoms with Crippen molar-refractivity contribution in [1.29, 1.82) is 0 Å². The van der Waals surface area contributed by atoms with E-state index >= 15 is 0 Å². The molecule has 0 amide bonds. The first kappa shape index (κ1) is 1.04. The zero-order valence-corrected chi connectivity index (χ0v) is 3.46. The third-order valence-corrected chi connectivity index (χ3v) is 0.667. The van der Waals surface area contributed by atoms with Gasteiger partial charge in [-0.2, -0.15) is 0 Å². The molecule has 1 fully saturated rings. The second kappa shape index (κ2) is 2.22. The molecule has 36 valence electrons. The van der Waals surface area contributed by atoms with Crippen molar-refractivity contribution in [1.82, 2.24) is 0 Å². The average molecular weight is 96.2 g/mol. The second-order valence-electron chi connectivity index (χ2n) is 1.15. The Bertz CT molecular complexity index is 104. The smallest absolute Gasteiger partial charge is 0.0267 e. The van der Waals surface area contributed by atoms with Crippen molar-refractivity contribution in [2.45, 2.75) is 38.4 Å². The fourth-order valence-corrected chi connectivity index (χ4v) is 0.385. The van der Waals surface area contributed by atoms with Crippen LogP contribution in [0.3, 0.4) is 0 Å². The summed E-state index contributed by atoms with van der Waals surface area (Å²) >= 11 is 0. The van der Waals surface area contributed by atoms with Crippen LogP contribution >= 0.6 is 0 Å². The highest BCUT2D eigenvalue weighted by Gasteiger charge is 1.95. The molecule has 0 radical (unpaired) electrons. The second-order valence-corrected chi connectivity index (χ2v) is 1.15. The summed E-state index contributed by atoms with van der Waals surface area (Å²) in [6.07, 6.45) is -6.02. The van der Waals surface area contributed by atoms with Crippen molar-refractivity contribution < 1.29 is 8.22 Å². The Balaban J connectivity index is 2.76. The zero-order chi connectivity index (χ0) is 9.46. The van der Waals surface area contributed by atoms with Crippen LogP contribution in [0.15, 0.2) is 0 Å². The van der Waals surface area contributed by atoms with Crippen LogP contribution in [0.1, 0.15) is 46.6 Å². The lowest BCUT2D eigenvalue weighted by Crippen LogP contribution is -1.85. The van der Waals surface area contributed by atoms with E-state index in [1.807, 2.05) is 0 Å². The van der Waals surface area contributed by atoms with Crippen LogP contribution in [-0.2, 0) is 0 Å². The third kappa shape index (κ3) is 1.00. The molecular formula is C6H12. The van der Waals surface area contributed by atoms with E-state index in [1.165, 1.54) is 0 Å². The lowest BCUT2D eigenvalue weighted by Gasteiger charge is -2.05.